The number of hydrogen-bond acceptors (Lipinski definition) is 20. The van der Waals surface area contributed by atoms with Crippen molar-refractivity contribution in [3.8, 4) is 0 Å². The molecule has 31 heteroatoms. The third-order valence-corrected chi connectivity index (χ3v) is 16.2. The molecule has 93 heavy (non-hydrogen) atoms. The normalized spacial score (nSPS) is 15.2. The van der Waals surface area contributed by atoms with Gasteiger partial charge in [-0.1, -0.05) is 62.2 Å². The molecular formula is C62H89N17O13S. The van der Waals surface area contributed by atoms with Crippen molar-refractivity contribution in [1.82, 2.24) is 45.3 Å². The van der Waals surface area contributed by atoms with Crippen molar-refractivity contribution in [2.24, 2.45) is 44.8 Å². The van der Waals surface area contributed by atoms with Crippen LogP contribution in [0.5, 0.6) is 0 Å². The summed E-state index contributed by atoms with van der Waals surface area (Å²) in [6.07, 6.45) is 6.49. The number of nitrogens with one attached hydrogen (secondary N) is 4. The van der Waals surface area contributed by atoms with Gasteiger partial charge in [0.1, 0.15) is 11.8 Å². The van der Waals surface area contributed by atoms with Crippen LogP contribution in [0.25, 0.3) is 11.2 Å². The topological polar surface area (TPSA) is 490 Å². The summed E-state index contributed by atoms with van der Waals surface area (Å²) in [6.45, 7) is 2.82. The first-order chi connectivity index (χ1) is 44.3. The summed E-state index contributed by atoms with van der Waals surface area (Å²) in [7, 11) is 1.96. The smallest absolute Gasteiger partial charge is 0.326 e. The molecule has 30 nitrogen and oxygen atoms in total. The SMILES string of the molecule is CN1CCN(CC(=O)O)CCN(CC(=O)O)C(Cc2ccc(CC(=S)CCCCCCC[C@H](CC(=O)[C@H](CCCN=C(N)N)NC(=O)[C@H](CCCN=C(N)N)CC(=O)CC[C@H](NC(=O)c3ccc(NCc4cnc5nc(N)[nH]c(=O)c5n4)cc3)C(=O)O)C(=O)O)cc2)C1. The average molecular weight is 1310 g/mol. The monoisotopic (exact) mass is 1310 g/mol. The fourth-order valence-electron chi connectivity index (χ4n) is 10.8. The molecule has 0 saturated carbocycles. The van der Waals surface area contributed by atoms with E-state index in [4.69, 9.17) is 40.9 Å². The van der Waals surface area contributed by atoms with E-state index in [-0.39, 0.29) is 131 Å². The van der Waals surface area contributed by atoms with Crippen LogP contribution in [0.2, 0.25) is 0 Å². The van der Waals surface area contributed by atoms with E-state index in [1.165, 1.54) is 18.3 Å². The van der Waals surface area contributed by atoms with Gasteiger partial charge in [0, 0.05) is 94.7 Å². The number of amides is 2. The Bertz CT molecular complexity index is 3310. The first kappa shape index (κ1) is 74.7. The zero-order valence-electron chi connectivity index (χ0n) is 52.5. The van der Waals surface area contributed by atoms with Gasteiger partial charge >= 0.3 is 23.9 Å². The number of unbranched alkanes of at least 4 members (excludes halogenated alkanes) is 4. The maximum Gasteiger partial charge on any atom is 0.326 e. The molecule has 1 fully saturated rings. The van der Waals surface area contributed by atoms with Crippen LogP contribution in [0.1, 0.15) is 123 Å². The second-order valence-electron chi connectivity index (χ2n) is 23.4. The Morgan fingerprint density at radius 3 is 1.99 bits per heavy atom. The predicted molar refractivity (Wildman–Crippen MR) is 353 cm³/mol. The third-order valence-electron chi connectivity index (χ3n) is 15.9. The molecule has 1 aliphatic heterocycles. The number of nitrogens with two attached hydrogens (primary N) is 5. The van der Waals surface area contributed by atoms with Gasteiger partial charge in [-0.25, -0.2) is 14.8 Å². The highest BCUT2D eigenvalue weighted by Crippen LogP contribution is 2.22. The molecule has 5 rings (SSSR count). The highest BCUT2D eigenvalue weighted by Gasteiger charge is 2.32. The van der Waals surface area contributed by atoms with Gasteiger partial charge in [0.05, 0.1) is 43.5 Å². The lowest BCUT2D eigenvalue weighted by molar-refractivity contribution is -0.144. The molecule has 3 heterocycles. The van der Waals surface area contributed by atoms with Gasteiger partial charge < -0.3 is 69.9 Å². The van der Waals surface area contributed by atoms with Gasteiger partial charge in [-0.2, -0.15) is 4.98 Å². The van der Waals surface area contributed by atoms with E-state index in [1.807, 2.05) is 41.1 Å². The van der Waals surface area contributed by atoms with E-state index in [2.05, 4.69) is 50.8 Å². The third kappa shape index (κ3) is 27.7. The summed E-state index contributed by atoms with van der Waals surface area (Å²) in [5, 5.41) is 47.7. The van der Waals surface area contributed by atoms with Crippen molar-refractivity contribution in [1.29, 1.82) is 0 Å². The zero-order chi connectivity index (χ0) is 68.0. The molecule has 0 bridgehead atoms. The highest BCUT2D eigenvalue weighted by molar-refractivity contribution is 7.80. The number of likely N-dealkylation sites (N-methyl/N-ethyl adjacent to an activating group) is 1. The standard InChI is InChI=1S/C62H89N17O13S/c1-77-25-26-78(36-51(82)83)27-28-79(37-52(84)85)45(35-77)29-38-13-15-39(16-14-38)30-47(93)11-6-4-2-3-5-9-42(58(89)90)32-50(81)48(12-8-24-69-61(65)66)73-56(87)41(10-7-23-68-60(63)64)31-46(80)21-22-49(59(91)92)74-55(86)40-17-19-43(20-18-40)70-33-44-34-71-54-53(72-44)57(88)76-62(67)75-54/h13-20,34,41-42,45,48-49,70H,2-12,21-33,35-37H2,1H3,(H,73,87)(H,74,86)(H,82,83)(H,84,85)(H,89,90)(H,91,92)(H4,63,64,68)(H4,65,66,69)(H3,67,71,75,76,88)/t41-,42-,45?,48+,49+/m1/s1. The zero-order valence-corrected chi connectivity index (χ0v) is 53.3. The number of aromatic amines is 1. The lowest BCUT2D eigenvalue weighted by Gasteiger charge is -2.32. The largest absolute Gasteiger partial charge is 0.481 e. The number of anilines is 2. The molecule has 2 amide bonds. The molecule has 4 aromatic rings. The van der Waals surface area contributed by atoms with E-state index in [9.17, 15) is 63.6 Å². The molecule has 18 N–H and O–H groups in total. The number of benzene rings is 2. The van der Waals surface area contributed by atoms with Crippen molar-refractivity contribution < 1.29 is 58.8 Å². The molecule has 506 valence electrons. The minimum atomic E-state index is -1.50. The summed E-state index contributed by atoms with van der Waals surface area (Å²) < 4.78 is 0. The minimum Gasteiger partial charge on any atom is -0.481 e. The predicted octanol–water partition coefficient (Wildman–Crippen LogP) is 1.67. The molecule has 2 aromatic heterocycles. The molecule has 0 spiro atoms. The number of fused-ring (bicyclic) bond motifs is 1. The number of carboxylic acids is 4. The quantitative estimate of drug-likeness (QED) is 0.0130. The summed E-state index contributed by atoms with van der Waals surface area (Å²) >= 11 is 5.76. The van der Waals surface area contributed by atoms with Crippen molar-refractivity contribution in [3.05, 3.63) is 87.5 Å². The van der Waals surface area contributed by atoms with Crippen molar-refractivity contribution >= 4 is 99.1 Å². The number of carboxylic acid groups (broad SMARTS) is 4. The molecule has 5 atom stereocenters. The number of thiocarbonyl (C=S) groups is 1. The number of H-pyrrole nitrogens is 1. The Morgan fingerprint density at radius 2 is 1.33 bits per heavy atom. The summed E-state index contributed by atoms with van der Waals surface area (Å²) in [5.74, 6) is -9.45. The molecular weight excluding hydrogens is 1220 g/mol. The number of nitrogen functional groups attached to an aromatic ring is 1. The van der Waals surface area contributed by atoms with Crippen molar-refractivity contribution in [2.75, 3.05) is 77.0 Å². The number of aliphatic imine (C=N–C) groups is 2. The average Bonchev–Trinajstić information content (AvgIpc) is 1.21. The molecule has 1 unspecified atom stereocenters. The van der Waals surface area contributed by atoms with Crippen LogP contribution in [0.15, 0.2) is 69.5 Å². The van der Waals surface area contributed by atoms with Gasteiger partial charge in [0.15, 0.2) is 28.9 Å². The van der Waals surface area contributed by atoms with Crippen LogP contribution in [0.4, 0.5) is 11.6 Å². The number of carbonyl (C=O) groups is 8. The van der Waals surface area contributed by atoms with E-state index in [0.29, 0.717) is 69.8 Å². The number of ketones is 2. The Hall–Kier alpha value is -9.07. The van der Waals surface area contributed by atoms with E-state index < -0.39 is 76.7 Å². The van der Waals surface area contributed by atoms with E-state index in [1.54, 1.807) is 12.1 Å². The van der Waals surface area contributed by atoms with E-state index >= 15 is 0 Å². The van der Waals surface area contributed by atoms with E-state index in [0.717, 1.165) is 41.7 Å². The fourth-order valence-corrected chi connectivity index (χ4v) is 11.1. The number of rotatable bonds is 41. The van der Waals surface area contributed by atoms with Crippen LogP contribution < -0.4 is 50.2 Å². The van der Waals surface area contributed by atoms with Crippen LogP contribution in [0, 0.1) is 11.8 Å². The summed E-state index contributed by atoms with van der Waals surface area (Å²) in [4.78, 5) is 145. The lowest BCUT2D eigenvalue weighted by Crippen LogP contribution is -2.47. The molecule has 1 saturated heterocycles. The number of Topliss-reactive ketones (excluding diaryl/α,β-unsaturated/α-hetero) is 2. The van der Waals surface area contributed by atoms with Crippen LogP contribution in [0.3, 0.4) is 0 Å². The molecule has 1 aliphatic rings. The van der Waals surface area contributed by atoms with Gasteiger partial charge in [-0.3, -0.25) is 63.1 Å². The van der Waals surface area contributed by atoms with Crippen molar-refractivity contribution in [2.45, 2.75) is 134 Å². The minimum absolute atomic E-state index is 0.00389. The van der Waals surface area contributed by atoms with Gasteiger partial charge in [0.2, 0.25) is 11.9 Å². The number of carbonyl (C=O) groups excluding carboxylic acids is 4. The van der Waals surface area contributed by atoms with Crippen LogP contribution in [-0.2, 0) is 52.9 Å². The fraction of sp³-hybridized carbons (Fsp3) is 0.532. The Balaban J connectivity index is 1.09. The number of hydrogen-bond donors (Lipinski definition) is 13. The Kier molecular flexibility index (Phi) is 31.1. The Morgan fingerprint density at radius 1 is 0.699 bits per heavy atom. The lowest BCUT2D eigenvalue weighted by atomic mass is 9.90. The first-order valence-corrected chi connectivity index (χ1v) is 31.5. The maximum atomic E-state index is 14.1. The number of aromatic nitrogens is 4. The van der Waals surface area contributed by atoms with Crippen LogP contribution in [-0.4, -0.2) is 203 Å². The number of nitrogens with zero attached hydrogens (tertiary/aromatic N) is 8. The second kappa shape index (κ2) is 38.7. The van der Waals surface area contributed by atoms with Gasteiger partial charge in [0.25, 0.3) is 11.5 Å². The maximum absolute atomic E-state index is 14.1. The molecule has 2 aromatic carbocycles. The number of guanidine groups is 2. The van der Waals surface area contributed by atoms with Crippen molar-refractivity contribution in [3.63, 3.8) is 0 Å². The summed E-state index contributed by atoms with van der Waals surface area (Å²) in [6, 6.07) is 11.5. The summed E-state index contributed by atoms with van der Waals surface area (Å²) in [5.41, 5.74) is 30.4. The van der Waals surface area contributed by atoms with Gasteiger partial charge in [-0.15, -0.1) is 0 Å². The molecule has 0 aliphatic carbocycles. The second-order valence-corrected chi connectivity index (χ2v) is 24.0. The first-order valence-electron chi connectivity index (χ1n) is 31.1. The molecule has 0 radical (unpaired) electrons. The highest BCUT2D eigenvalue weighted by atomic mass is 32.1. The Labute approximate surface area is 544 Å². The number of aliphatic carboxylic acids is 4. The van der Waals surface area contributed by atoms with Crippen LogP contribution >= 0.6 is 12.2 Å². The van der Waals surface area contributed by atoms with Gasteiger partial charge in [-0.05, 0) is 105 Å².